The van der Waals surface area contributed by atoms with E-state index in [1.54, 1.807) is 0 Å². The van der Waals surface area contributed by atoms with E-state index in [2.05, 4.69) is 5.32 Å². The molecule has 0 bridgehead atoms. The Morgan fingerprint density at radius 3 is 2.56 bits per heavy atom. The van der Waals surface area contributed by atoms with E-state index in [0.29, 0.717) is 12.0 Å². The fourth-order valence-corrected chi connectivity index (χ4v) is 1.84. The number of nitrogens with zero attached hydrogens (tertiary/aromatic N) is 1. The smallest absolute Gasteiger partial charge is 0.325 e. The summed E-state index contributed by atoms with van der Waals surface area (Å²) in [4.78, 5) is 24.6. The lowest BCUT2D eigenvalue weighted by molar-refractivity contribution is -0.127. The van der Waals surface area contributed by atoms with Gasteiger partial charge in [-0.25, -0.2) is 9.18 Å². The second-order valence-corrected chi connectivity index (χ2v) is 4.00. The number of hydrogen-bond acceptors (Lipinski definition) is 3. The highest BCUT2D eigenvalue weighted by molar-refractivity contribution is 6.04. The molecule has 6 heteroatoms. The molecule has 1 saturated heterocycles. The van der Waals surface area contributed by atoms with Crippen molar-refractivity contribution in [1.82, 2.24) is 10.2 Å². The van der Waals surface area contributed by atoms with Gasteiger partial charge in [0.15, 0.2) is 0 Å². The van der Waals surface area contributed by atoms with Gasteiger partial charge in [0.25, 0.3) is 5.91 Å². The average Bonchev–Trinajstić information content (AvgIpc) is 2.64. The highest BCUT2D eigenvalue weighted by atomic mass is 19.1. The zero-order chi connectivity index (χ0) is 13.1. The van der Waals surface area contributed by atoms with Gasteiger partial charge in [-0.1, -0.05) is 12.1 Å². The third kappa shape index (κ3) is 2.33. The molecule has 1 unspecified atom stereocenters. The summed E-state index contributed by atoms with van der Waals surface area (Å²) >= 11 is 0. The Balaban J connectivity index is 2.14. The number of carbonyl (C=O) groups excluding carboxylic acids is 2. The Hall–Kier alpha value is -1.95. The van der Waals surface area contributed by atoms with Crippen LogP contribution in [0.15, 0.2) is 24.3 Å². The number of hydrogen-bond donors (Lipinski definition) is 2. The Bertz CT molecular complexity index is 461. The molecule has 1 aromatic rings. The van der Waals surface area contributed by atoms with Crippen LogP contribution < -0.4 is 5.32 Å². The summed E-state index contributed by atoms with van der Waals surface area (Å²) in [7, 11) is 0. The topological polar surface area (TPSA) is 69.6 Å². The van der Waals surface area contributed by atoms with E-state index in [9.17, 15) is 14.0 Å². The fourth-order valence-electron chi connectivity index (χ4n) is 1.84. The van der Waals surface area contributed by atoms with Crippen LogP contribution in [0.4, 0.5) is 9.18 Å². The van der Waals surface area contributed by atoms with Crippen molar-refractivity contribution in [1.29, 1.82) is 0 Å². The molecule has 0 aromatic heterocycles. The van der Waals surface area contributed by atoms with Gasteiger partial charge in [-0.2, -0.15) is 0 Å². The van der Waals surface area contributed by atoms with E-state index in [1.165, 1.54) is 24.3 Å². The highest BCUT2D eigenvalue weighted by Crippen LogP contribution is 2.22. The molecule has 3 amide bonds. The molecule has 0 spiro atoms. The van der Waals surface area contributed by atoms with Gasteiger partial charge >= 0.3 is 6.03 Å². The largest absolute Gasteiger partial charge is 0.396 e. The monoisotopic (exact) mass is 252 g/mol. The normalized spacial score (nSPS) is 19.2. The van der Waals surface area contributed by atoms with E-state index in [0.717, 1.165) is 4.90 Å². The molecule has 18 heavy (non-hydrogen) atoms. The summed E-state index contributed by atoms with van der Waals surface area (Å²) in [6, 6.07) is 4.16. The molecule has 1 aliphatic heterocycles. The Morgan fingerprint density at radius 2 is 1.94 bits per heavy atom. The second-order valence-electron chi connectivity index (χ2n) is 4.00. The molecule has 1 aromatic carbocycles. The molecule has 1 atom stereocenters. The molecule has 0 radical (unpaired) electrons. The second kappa shape index (κ2) is 5.14. The van der Waals surface area contributed by atoms with Crippen LogP contribution in [0.1, 0.15) is 18.0 Å². The number of rotatable bonds is 4. The van der Waals surface area contributed by atoms with Crippen molar-refractivity contribution in [3.63, 3.8) is 0 Å². The number of amides is 3. The standard InChI is InChI=1S/C12H13FN2O3/c13-9-4-2-8(3-5-9)10-11(17)15(6-1-7-16)12(18)14-10/h2-5,10,16H,1,6-7H2,(H,14,18). The third-order valence-electron chi connectivity index (χ3n) is 2.77. The summed E-state index contributed by atoms with van der Waals surface area (Å²) in [6.07, 6.45) is 0.343. The van der Waals surface area contributed by atoms with Crippen molar-refractivity contribution >= 4 is 11.9 Å². The van der Waals surface area contributed by atoms with Crippen molar-refractivity contribution in [3.05, 3.63) is 35.6 Å². The molecule has 96 valence electrons. The predicted molar refractivity (Wildman–Crippen MR) is 61.1 cm³/mol. The summed E-state index contributed by atoms with van der Waals surface area (Å²) in [5, 5.41) is 11.2. The Labute approximate surface area is 103 Å². The molecular weight excluding hydrogens is 239 g/mol. The summed E-state index contributed by atoms with van der Waals surface area (Å²) < 4.78 is 12.8. The number of aliphatic hydroxyl groups is 1. The third-order valence-corrected chi connectivity index (χ3v) is 2.77. The minimum absolute atomic E-state index is 0.0850. The van der Waals surface area contributed by atoms with Crippen LogP contribution in [0.25, 0.3) is 0 Å². The zero-order valence-electron chi connectivity index (χ0n) is 9.60. The van der Waals surface area contributed by atoms with E-state index >= 15 is 0 Å². The molecule has 2 rings (SSSR count). The first-order valence-electron chi connectivity index (χ1n) is 5.61. The summed E-state index contributed by atoms with van der Waals surface area (Å²) in [5.41, 5.74) is 0.543. The van der Waals surface area contributed by atoms with Crippen LogP contribution in [-0.2, 0) is 4.79 Å². The lowest BCUT2D eigenvalue weighted by Crippen LogP contribution is -2.32. The summed E-state index contributed by atoms with van der Waals surface area (Å²) in [5.74, 6) is -0.771. The maximum Gasteiger partial charge on any atom is 0.325 e. The van der Waals surface area contributed by atoms with Crippen LogP contribution in [0.3, 0.4) is 0 Å². The highest BCUT2D eigenvalue weighted by Gasteiger charge is 2.38. The average molecular weight is 252 g/mol. The van der Waals surface area contributed by atoms with Gasteiger partial charge in [-0.05, 0) is 24.1 Å². The minimum Gasteiger partial charge on any atom is -0.396 e. The van der Waals surface area contributed by atoms with Crippen LogP contribution in [-0.4, -0.2) is 35.1 Å². The molecular formula is C12H13FN2O3. The molecule has 1 aliphatic rings. The van der Waals surface area contributed by atoms with Gasteiger partial charge in [0.05, 0.1) is 0 Å². The SMILES string of the molecule is O=C1NC(c2ccc(F)cc2)C(=O)N1CCCO. The van der Waals surface area contributed by atoms with Gasteiger partial charge in [-0.3, -0.25) is 9.69 Å². The number of carbonyl (C=O) groups is 2. The maximum absolute atomic E-state index is 12.8. The number of urea groups is 1. The fraction of sp³-hybridized carbons (Fsp3) is 0.333. The van der Waals surface area contributed by atoms with Crippen molar-refractivity contribution < 1.29 is 19.1 Å². The predicted octanol–water partition coefficient (Wildman–Crippen LogP) is 0.801. The van der Waals surface area contributed by atoms with Gasteiger partial charge < -0.3 is 10.4 Å². The first-order chi connectivity index (χ1) is 8.63. The van der Waals surface area contributed by atoms with Crippen LogP contribution >= 0.6 is 0 Å². The first-order valence-corrected chi connectivity index (χ1v) is 5.61. The molecule has 0 saturated carbocycles. The van der Waals surface area contributed by atoms with E-state index in [-0.39, 0.29) is 19.1 Å². The summed E-state index contributed by atoms with van der Waals surface area (Å²) in [6.45, 7) is 0.0944. The molecule has 5 nitrogen and oxygen atoms in total. The van der Waals surface area contributed by atoms with E-state index < -0.39 is 17.9 Å². The van der Waals surface area contributed by atoms with Gasteiger partial charge in [0.1, 0.15) is 11.9 Å². The van der Waals surface area contributed by atoms with Crippen molar-refractivity contribution in [3.8, 4) is 0 Å². The molecule has 2 N–H and O–H groups in total. The van der Waals surface area contributed by atoms with Crippen LogP contribution in [0.5, 0.6) is 0 Å². The quantitative estimate of drug-likeness (QED) is 0.779. The Morgan fingerprint density at radius 1 is 1.28 bits per heavy atom. The molecule has 1 fully saturated rings. The van der Waals surface area contributed by atoms with Crippen molar-refractivity contribution in [2.45, 2.75) is 12.5 Å². The number of aliphatic hydroxyl groups excluding tert-OH is 1. The molecule has 1 heterocycles. The maximum atomic E-state index is 12.8. The first kappa shape index (κ1) is 12.5. The number of halogens is 1. The van der Waals surface area contributed by atoms with Crippen LogP contribution in [0, 0.1) is 5.82 Å². The van der Waals surface area contributed by atoms with Crippen molar-refractivity contribution in [2.24, 2.45) is 0 Å². The van der Waals surface area contributed by atoms with Crippen LogP contribution in [0.2, 0.25) is 0 Å². The number of benzene rings is 1. The van der Waals surface area contributed by atoms with Crippen molar-refractivity contribution in [2.75, 3.05) is 13.2 Å². The van der Waals surface area contributed by atoms with Gasteiger partial charge in [-0.15, -0.1) is 0 Å². The van der Waals surface area contributed by atoms with Gasteiger partial charge in [0.2, 0.25) is 0 Å². The lowest BCUT2D eigenvalue weighted by Gasteiger charge is -2.11. The van der Waals surface area contributed by atoms with E-state index in [4.69, 9.17) is 5.11 Å². The van der Waals surface area contributed by atoms with Gasteiger partial charge in [0, 0.05) is 13.2 Å². The zero-order valence-corrected chi connectivity index (χ0v) is 9.60. The number of imide groups is 1. The minimum atomic E-state index is -0.767. The Kier molecular flexibility index (Phi) is 3.57. The molecule has 0 aliphatic carbocycles. The lowest BCUT2D eigenvalue weighted by atomic mass is 10.1. The van der Waals surface area contributed by atoms with E-state index in [1.807, 2.05) is 0 Å². The number of nitrogens with one attached hydrogen (secondary N) is 1.